The minimum absolute atomic E-state index is 0.213. The number of fused-ring (bicyclic) bond motifs is 1. The van der Waals surface area contributed by atoms with Crippen LogP contribution >= 0.6 is 11.8 Å². The lowest BCUT2D eigenvalue weighted by Gasteiger charge is -2.21. The zero-order valence-corrected chi connectivity index (χ0v) is 29.7. The summed E-state index contributed by atoms with van der Waals surface area (Å²) in [4.78, 5) is 24.6. The van der Waals surface area contributed by atoms with Crippen molar-refractivity contribution in [3.63, 3.8) is 0 Å². The molecule has 0 saturated heterocycles. The van der Waals surface area contributed by atoms with Crippen LogP contribution in [-0.4, -0.2) is 31.0 Å². The molecule has 2 heterocycles. The molecule has 1 aliphatic carbocycles. The van der Waals surface area contributed by atoms with Crippen LogP contribution in [0, 0.1) is 11.6 Å². The number of imidazole rings is 1. The van der Waals surface area contributed by atoms with E-state index in [2.05, 4.69) is 19.0 Å². The maximum Gasteiger partial charge on any atom is 0.416 e. The Hall–Kier alpha value is -5.07. The lowest BCUT2D eigenvalue weighted by molar-refractivity contribution is -0.137. The van der Waals surface area contributed by atoms with E-state index in [0.717, 1.165) is 70.0 Å². The summed E-state index contributed by atoms with van der Waals surface area (Å²) >= 11 is 1.43. The van der Waals surface area contributed by atoms with Crippen molar-refractivity contribution in [3.05, 3.63) is 170 Å². The van der Waals surface area contributed by atoms with E-state index in [1.807, 2.05) is 37.5 Å². The summed E-state index contributed by atoms with van der Waals surface area (Å²) in [6, 6.07) is 25.6. The van der Waals surface area contributed by atoms with Gasteiger partial charge in [0.15, 0.2) is 5.16 Å². The number of hydrogen-bond acceptors (Lipinski definition) is 5. The minimum atomic E-state index is -4.40. The average molecular weight is 742 g/mol. The molecular formula is C41H36F5N5OS. The highest BCUT2D eigenvalue weighted by Gasteiger charge is 2.30. The molecule has 0 amide bonds. The first-order valence-electron chi connectivity index (χ1n) is 17.2. The van der Waals surface area contributed by atoms with Gasteiger partial charge in [-0.05, 0) is 90.5 Å². The van der Waals surface area contributed by atoms with Crippen LogP contribution in [0.15, 0.2) is 113 Å². The third-order valence-electron chi connectivity index (χ3n) is 9.44. The highest BCUT2D eigenvalue weighted by atomic mass is 32.2. The molecular weight excluding hydrogens is 706 g/mol. The number of halogens is 5. The largest absolute Gasteiger partial charge is 0.416 e. The molecule has 0 unspecified atom stereocenters. The molecule has 0 aliphatic heterocycles. The average Bonchev–Trinajstić information content (AvgIpc) is 3.78. The van der Waals surface area contributed by atoms with Crippen LogP contribution in [0.1, 0.15) is 51.5 Å². The molecule has 4 aromatic carbocycles. The molecule has 0 radical (unpaired) electrons. The van der Waals surface area contributed by atoms with Gasteiger partial charge in [-0.15, -0.1) is 0 Å². The first kappa shape index (κ1) is 36.3. The predicted molar refractivity (Wildman–Crippen MR) is 195 cm³/mol. The smallest absolute Gasteiger partial charge is 0.325 e. The van der Waals surface area contributed by atoms with E-state index >= 15 is 0 Å². The first-order chi connectivity index (χ1) is 25.5. The molecule has 0 bridgehead atoms. The molecule has 2 aromatic heterocycles. The predicted octanol–water partition coefficient (Wildman–Crippen LogP) is 8.91. The standard InChI is InChI=1S/C41H36F5N5OS/c1-49(22-27-7-17-33(42)18-8-27)24-35-21-47-38(50(35)23-28-5-11-30(12-6-28)31-13-15-32(16-14-31)41(44,45)46)25-51-37-4-2-3-36(37)39(52)48-40(51)53-26-29-9-19-34(43)20-10-29/h5-21H,2-4,22-26H2,1H3. The van der Waals surface area contributed by atoms with E-state index < -0.39 is 11.7 Å². The molecule has 0 saturated carbocycles. The van der Waals surface area contributed by atoms with E-state index in [4.69, 9.17) is 4.98 Å². The second-order valence-corrected chi connectivity index (χ2v) is 14.2. The summed E-state index contributed by atoms with van der Waals surface area (Å²) in [5, 5.41) is 0.574. The van der Waals surface area contributed by atoms with E-state index in [1.54, 1.807) is 24.3 Å². The van der Waals surface area contributed by atoms with Gasteiger partial charge >= 0.3 is 6.18 Å². The maximum atomic E-state index is 13.6. The third kappa shape index (κ3) is 8.60. The molecule has 0 fully saturated rings. The van der Waals surface area contributed by atoms with Crippen molar-refractivity contribution in [1.82, 2.24) is 24.0 Å². The summed E-state index contributed by atoms with van der Waals surface area (Å²) in [5.74, 6) is 0.670. The fourth-order valence-electron chi connectivity index (χ4n) is 6.70. The number of rotatable bonds is 12. The second-order valence-electron chi connectivity index (χ2n) is 13.3. The molecule has 53 heavy (non-hydrogen) atoms. The van der Waals surface area contributed by atoms with Crippen LogP contribution in [0.3, 0.4) is 0 Å². The SMILES string of the molecule is CN(Cc1ccc(F)cc1)Cc1cnc(Cn2c(SCc3ccc(F)cc3)nc(=O)c3c2CCC3)n1Cc1ccc(-c2ccc(C(F)(F)F)cc2)cc1. The summed E-state index contributed by atoms with van der Waals surface area (Å²) < 4.78 is 70.8. The molecule has 0 spiro atoms. The topological polar surface area (TPSA) is 56.0 Å². The summed E-state index contributed by atoms with van der Waals surface area (Å²) in [5.41, 5.74) is 6.05. The van der Waals surface area contributed by atoms with E-state index in [9.17, 15) is 26.7 Å². The number of thioether (sulfide) groups is 1. The quantitative estimate of drug-likeness (QED) is 0.0713. The zero-order chi connectivity index (χ0) is 37.1. The van der Waals surface area contributed by atoms with Gasteiger partial charge in [0.1, 0.15) is 17.5 Å². The van der Waals surface area contributed by atoms with Crippen molar-refractivity contribution in [1.29, 1.82) is 0 Å². The number of hydrogen-bond donors (Lipinski definition) is 0. The Morgan fingerprint density at radius 1 is 0.736 bits per heavy atom. The van der Waals surface area contributed by atoms with Gasteiger partial charge in [-0.25, -0.2) is 13.8 Å². The number of nitrogens with zero attached hydrogens (tertiary/aromatic N) is 5. The molecule has 1 aliphatic rings. The van der Waals surface area contributed by atoms with Crippen molar-refractivity contribution >= 4 is 11.8 Å². The van der Waals surface area contributed by atoms with Crippen LogP contribution in [-0.2, 0) is 50.9 Å². The minimum Gasteiger partial charge on any atom is -0.325 e. The van der Waals surface area contributed by atoms with Crippen molar-refractivity contribution in [2.24, 2.45) is 0 Å². The maximum absolute atomic E-state index is 13.6. The molecule has 6 nitrogen and oxygen atoms in total. The second kappa shape index (κ2) is 15.5. The van der Waals surface area contributed by atoms with E-state index in [-0.39, 0.29) is 17.2 Å². The van der Waals surface area contributed by atoms with E-state index in [1.165, 1.54) is 48.2 Å². The number of alkyl halides is 3. The third-order valence-corrected chi connectivity index (χ3v) is 10.5. The fourth-order valence-corrected chi connectivity index (χ4v) is 7.67. The highest BCUT2D eigenvalue weighted by molar-refractivity contribution is 7.98. The van der Waals surface area contributed by atoms with Crippen LogP contribution in [0.2, 0.25) is 0 Å². The molecule has 12 heteroatoms. The van der Waals surface area contributed by atoms with Crippen molar-refractivity contribution in [2.45, 2.75) is 62.5 Å². The van der Waals surface area contributed by atoms with Gasteiger partial charge in [-0.2, -0.15) is 18.2 Å². The molecule has 7 rings (SSSR count). The van der Waals surface area contributed by atoms with Crippen LogP contribution in [0.5, 0.6) is 0 Å². The monoisotopic (exact) mass is 741 g/mol. The zero-order valence-electron chi connectivity index (χ0n) is 28.9. The van der Waals surface area contributed by atoms with Crippen molar-refractivity contribution in [3.8, 4) is 11.1 Å². The molecule has 272 valence electrons. The van der Waals surface area contributed by atoms with Crippen molar-refractivity contribution in [2.75, 3.05) is 7.05 Å². The fraction of sp³-hybridized carbons (Fsp3) is 0.244. The van der Waals surface area contributed by atoms with Crippen molar-refractivity contribution < 1.29 is 22.0 Å². The lowest BCUT2D eigenvalue weighted by Crippen LogP contribution is -2.24. The number of benzene rings is 4. The summed E-state index contributed by atoms with van der Waals surface area (Å²) in [6.07, 6.45) is -0.269. The Morgan fingerprint density at radius 3 is 1.98 bits per heavy atom. The van der Waals surface area contributed by atoms with Gasteiger partial charge in [-0.3, -0.25) is 9.69 Å². The summed E-state index contributed by atoms with van der Waals surface area (Å²) in [7, 11) is 1.99. The van der Waals surface area contributed by atoms with Gasteiger partial charge in [0.2, 0.25) is 0 Å². The Morgan fingerprint density at radius 2 is 1.34 bits per heavy atom. The molecule has 0 atom stereocenters. The highest BCUT2D eigenvalue weighted by Crippen LogP contribution is 2.32. The lowest BCUT2D eigenvalue weighted by atomic mass is 10.0. The normalized spacial score (nSPS) is 12.8. The van der Waals surface area contributed by atoms with Gasteiger partial charge < -0.3 is 9.13 Å². The Labute approximate surface area is 308 Å². The Bertz CT molecular complexity index is 2250. The Kier molecular flexibility index (Phi) is 10.6. The van der Waals surface area contributed by atoms with E-state index in [0.29, 0.717) is 49.1 Å². The van der Waals surface area contributed by atoms with Gasteiger partial charge in [0.05, 0.1) is 17.8 Å². The van der Waals surface area contributed by atoms with Crippen LogP contribution in [0.4, 0.5) is 22.0 Å². The first-order valence-corrected chi connectivity index (χ1v) is 18.2. The molecule has 6 aromatic rings. The summed E-state index contributed by atoms with van der Waals surface area (Å²) in [6.45, 7) is 1.97. The Balaban J connectivity index is 1.20. The molecule has 0 N–H and O–H groups in total. The number of aromatic nitrogens is 4. The van der Waals surface area contributed by atoms with Gasteiger partial charge in [0.25, 0.3) is 5.56 Å². The van der Waals surface area contributed by atoms with Gasteiger partial charge in [-0.1, -0.05) is 72.4 Å². The van der Waals surface area contributed by atoms with Crippen LogP contribution in [0.25, 0.3) is 11.1 Å². The van der Waals surface area contributed by atoms with Crippen LogP contribution < -0.4 is 5.56 Å². The van der Waals surface area contributed by atoms with Gasteiger partial charge in [0, 0.05) is 42.8 Å².